The highest BCUT2D eigenvalue weighted by molar-refractivity contribution is 5.41. The van der Waals surface area contributed by atoms with Crippen molar-refractivity contribution in [2.24, 2.45) is 0 Å². The van der Waals surface area contributed by atoms with Crippen LogP contribution in [0, 0.1) is 17.7 Å². The third kappa shape index (κ3) is 4.23. The predicted molar refractivity (Wildman–Crippen MR) is 77.7 cm³/mol. The number of hydrogen-bond acceptors (Lipinski definition) is 3. The fourth-order valence-electron chi connectivity index (χ4n) is 1.84. The van der Waals surface area contributed by atoms with Crippen LogP contribution in [0.25, 0.3) is 0 Å². The summed E-state index contributed by atoms with van der Waals surface area (Å²) in [6.45, 7) is -0.00570. The molecule has 0 radical (unpaired) electrons. The summed E-state index contributed by atoms with van der Waals surface area (Å²) >= 11 is 0. The molecule has 21 heavy (non-hydrogen) atoms. The largest absolute Gasteiger partial charge is 0.496 e. The first-order chi connectivity index (χ1) is 10.2. The molecule has 0 atom stereocenters. The SMILES string of the molecule is COc1ccccc1COc1cc(F)cc(C#CCO)c1. The van der Waals surface area contributed by atoms with Gasteiger partial charge < -0.3 is 14.6 Å². The average Bonchev–Trinajstić information content (AvgIpc) is 2.50. The van der Waals surface area contributed by atoms with Gasteiger partial charge in [-0.25, -0.2) is 4.39 Å². The molecule has 108 valence electrons. The minimum atomic E-state index is -0.435. The van der Waals surface area contributed by atoms with Gasteiger partial charge in [0.05, 0.1) is 7.11 Å². The van der Waals surface area contributed by atoms with Crippen molar-refractivity contribution in [3.05, 3.63) is 59.4 Å². The lowest BCUT2D eigenvalue weighted by Gasteiger charge is -2.10. The van der Waals surface area contributed by atoms with Gasteiger partial charge in [-0.1, -0.05) is 30.0 Å². The van der Waals surface area contributed by atoms with E-state index in [0.717, 1.165) is 5.56 Å². The van der Waals surface area contributed by atoms with Gasteiger partial charge in [0.25, 0.3) is 0 Å². The molecule has 0 fully saturated rings. The van der Waals surface area contributed by atoms with Crippen molar-refractivity contribution >= 4 is 0 Å². The monoisotopic (exact) mass is 286 g/mol. The van der Waals surface area contributed by atoms with E-state index in [1.165, 1.54) is 12.1 Å². The fraction of sp³-hybridized carbons (Fsp3) is 0.176. The molecule has 0 heterocycles. The Labute approximate surface area is 122 Å². The smallest absolute Gasteiger partial charge is 0.128 e. The Morgan fingerprint density at radius 2 is 2.00 bits per heavy atom. The summed E-state index contributed by atoms with van der Waals surface area (Å²) < 4.78 is 24.3. The number of rotatable bonds is 4. The van der Waals surface area contributed by atoms with Crippen LogP contribution in [-0.2, 0) is 6.61 Å². The average molecular weight is 286 g/mol. The number of methoxy groups -OCH3 is 1. The Balaban J connectivity index is 2.14. The summed E-state index contributed by atoms with van der Waals surface area (Å²) in [6, 6.07) is 11.7. The summed E-state index contributed by atoms with van der Waals surface area (Å²) in [5.41, 5.74) is 1.33. The maximum absolute atomic E-state index is 13.5. The number of aliphatic hydroxyl groups excluding tert-OH is 1. The molecule has 2 aromatic rings. The molecule has 2 aromatic carbocycles. The number of benzene rings is 2. The van der Waals surface area contributed by atoms with Crippen LogP contribution < -0.4 is 9.47 Å². The lowest BCUT2D eigenvalue weighted by molar-refractivity contribution is 0.295. The molecule has 0 saturated carbocycles. The van der Waals surface area contributed by atoms with E-state index >= 15 is 0 Å². The van der Waals surface area contributed by atoms with Gasteiger partial charge in [0.2, 0.25) is 0 Å². The molecule has 0 aliphatic rings. The van der Waals surface area contributed by atoms with Crippen LogP contribution in [0.2, 0.25) is 0 Å². The molecule has 1 N–H and O–H groups in total. The molecule has 0 aliphatic carbocycles. The molecule has 0 unspecified atom stereocenters. The van der Waals surface area contributed by atoms with Gasteiger partial charge in [0.15, 0.2) is 0 Å². The first-order valence-electron chi connectivity index (χ1n) is 6.38. The van der Waals surface area contributed by atoms with Crippen LogP contribution in [0.1, 0.15) is 11.1 Å². The molecule has 0 aliphatic heterocycles. The molecule has 2 rings (SSSR count). The second kappa shape index (κ2) is 7.32. The van der Waals surface area contributed by atoms with Crippen molar-refractivity contribution in [1.29, 1.82) is 0 Å². The quantitative estimate of drug-likeness (QED) is 0.878. The van der Waals surface area contributed by atoms with Gasteiger partial charge in [-0.15, -0.1) is 0 Å². The molecule has 4 heteroatoms. The zero-order valence-electron chi connectivity index (χ0n) is 11.6. The number of hydrogen-bond donors (Lipinski definition) is 1. The second-order valence-electron chi connectivity index (χ2n) is 4.24. The number of para-hydroxylation sites is 1. The van der Waals surface area contributed by atoms with Crippen LogP contribution in [-0.4, -0.2) is 18.8 Å². The normalized spacial score (nSPS) is 9.67. The first-order valence-corrected chi connectivity index (χ1v) is 6.38. The highest BCUT2D eigenvalue weighted by atomic mass is 19.1. The van der Waals surface area contributed by atoms with Crippen molar-refractivity contribution in [2.75, 3.05) is 13.7 Å². The number of ether oxygens (including phenoxy) is 2. The maximum Gasteiger partial charge on any atom is 0.128 e. The number of halogens is 1. The minimum Gasteiger partial charge on any atom is -0.496 e. The van der Waals surface area contributed by atoms with Crippen molar-refractivity contribution in [3.63, 3.8) is 0 Å². The zero-order chi connectivity index (χ0) is 15.1. The van der Waals surface area contributed by atoms with Crippen LogP contribution in [0.5, 0.6) is 11.5 Å². The highest BCUT2D eigenvalue weighted by Crippen LogP contribution is 2.21. The third-order valence-corrected chi connectivity index (χ3v) is 2.77. The molecule has 0 aromatic heterocycles. The maximum atomic E-state index is 13.5. The van der Waals surface area contributed by atoms with Crippen molar-refractivity contribution in [2.45, 2.75) is 6.61 Å². The summed E-state index contributed by atoms with van der Waals surface area (Å²) in [6.07, 6.45) is 0. The van der Waals surface area contributed by atoms with Crippen molar-refractivity contribution < 1.29 is 19.0 Å². The van der Waals surface area contributed by atoms with Gasteiger partial charge in [-0.3, -0.25) is 0 Å². The van der Waals surface area contributed by atoms with E-state index in [-0.39, 0.29) is 13.2 Å². The molecule has 0 amide bonds. The van der Waals surface area contributed by atoms with E-state index in [4.69, 9.17) is 14.6 Å². The predicted octanol–water partition coefficient (Wildman–Crippen LogP) is 2.76. The summed E-state index contributed by atoms with van der Waals surface area (Å²) in [7, 11) is 1.59. The Kier molecular flexibility index (Phi) is 5.19. The van der Waals surface area contributed by atoms with Gasteiger partial charge in [-0.05, 0) is 18.2 Å². The standard InChI is InChI=1S/C17H15FO3/c1-20-17-7-3-2-6-14(17)12-21-16-10-13(5-4-8-19)9-15(18)11-16/h2-3,6-7,9-11,19H,8,12H2,1H3. The second-order valence-corrected chi connectivity index (χ2v) is 4.24. The minimum absolute atomic E-state index is 0.264. The van der Waals surface area contributed by atoms with Gasteiger partial charge in [-0.2, -0.15) is 0 Å². The lowest BCUT2D eigenvalue weighted by atomic mass is 10.2. The van der Waals surface area contributed by atoms with E-state index in [1.54, 1.807) is 13.2 Å². The van der Waals surface area contributed by atoms with E-state index in [9.17, 15) is 4.39 Å². The van der Waals surface area contributed by atoms with Crippen LogP contribution >= 0.6 is 0 Å². The Hall–Kier alpha value is -2.51. The summed E-state index contributed by atoms with van der Waals surface area (Å²) in [5, 5.41) is 8.66. The molecule has 3 nitrogen and oxygen atoms in total. The Bertz CT molecular complexity index is 671. The van der Waals surface area contributed by atoms with Crippen LogP contribution in [0.4, 0.5) is 4.39 Å². The third-order valence-electron chi connectivity index (χ3n) is 2.77. The van der Waals surface area contributed by atoms with Crippen molar-refractivity contribution in [1.82, 2.24) is 0 Å². The van der Waals surface area contributed by atoms with Gasteiger partial charge in [0.1, 0.15) is 30.5 Å². The van der Waals surface area contributed by atoms with Crippen LogP contribution in [0.15, 0.2) is 42.5 Å². The van der Waals surface area contributed by atoms with E-state index in [0.29, 0.717) is 17.1 Å². The van der Waals surface area contributed by atoms with E-state index in [1.807, 2.05) is 24.3 Å². The number of aliphatic hydroxyl groups is 1. The van der Waals surface area contributed by atoms with E-state index < -0.39 is 5.82 Å². The fourth-order valence-corrected chi connectivity index (χ4v) is 1.84. The molecule has 0 spiro atoms. The lowest BCUT2D eigenvalue weighted by Crippen LogP contribution is -1.99. The molecule has 0 saturated heterocycles. The molecular formula is C17H15FO3. The van der Waals surface area contributed by atoms with Gasteiger partial charge in [0, 0.05) is 17.2 Å². The summed E-state index contributed by atoms with van der Waals surface area (Å²) in [4.78, 5) is 0. The van der Waals surface area contributed by atoms with E-state index in [2.05, 4.69) is 11.8 Å². The molecule has 0 bridgehead atoms. The Morgan fingerprint density at radius 3 is 2.76 bits per heavy atom. The summed E-state index contributed by atoms with van der Waals surface area (Å²) in [5.74, 6) is 5.79. The Morgan fingerprint density at radius 1 is 1.19 bits per heavy atom. The highest BCUT2D eigenvalue weighted by Gasteiger charge is 2.04. The van der Waals surface area contributed by atoms with Crippen molar-refractivity contribution in [3.8, 4) is 23.3 Å². The van der Waals surface area contributed by atoms with Gasteiger partial charge >= 0.3 is 0 Å². The molecular weight excluding hydrogens is 271 g/mol. The van der Waals surface area contributed by atoms with Crippen LogP contribution in [0.3, 0.4) is 0 Å². The zero-order valence-corrected chi connectivity index (χ0v) is 11.6. The topological polar surface area (TPSA) is 38.7 Å². The first kappa shape index (κ1) is 14.9.